The van der Waals surface area contributed by atoms with Crippen LogP contribution in [0.1, 0.15) is 6.92 Å². The third-order valence-electron chi connectivity index (χ3n) is 2.51. The highest BCUT2D eigenvalue weighted by molar-refractivity contribution is 14.1. The Balaban J connectivity index is 2.44. The van der Waals surface area contributed by atoms with E-state index in [0.717, 1.165) is 14.5 Å². The van der Waals surface area contributed by atoms with E-state index in [1.54, 1.807) is 20.2 Å². The van der Waals surface area contributed by atoms with Crippen molar-refractivity contribution in [3.8, 4) is 5.88 Å². The molecule has 0 aliphatic rings. The summed E-state index contributed by atoms with van der Waals surface area (Å²) in [7, 11) is 1.58. The lowest BCUT2D eigenvalue weighted by Gasteiger charge is -2.05. The van der Waals surface area contributed by atoms with Gasteiger partial charge in [-0.05, 0) is 35.6 Å². The van der Waals surface area contributed by atoms with Crippen molar-refractivity contribution in [2.24, 2.45) is 0 Å². The van der Waals surface area contributed by atoms with Gasteiger partial charge in [0.05, 0.1) is 24.6 Å². The molecule has 2 heterocycles. The van der Waals surface area contributed by atoms with Gasteiger partial charge in [0.15, 0.2) is 0 Å². The fraction of sp³-hybridized carbons (Fsp3) is 0.333. The fourth-order valence-electron chi connectivity index (χ4n) is 1.80. The summed E-state index contributed by atoms with van der Waals surface area (Å²) in [5.41, 5.74) is 0.916. The first-order valence-electron chi connectivity index (χ1n) is 5.50. The van der Waals surface area contributed by atoms with Gasteiger partial charge >= 0.3 is 5.97 Å². The average Bonchev–Trinajstić information content (AvgIpc) is 2.67. The van der Waals surface area contributed by atoms with E-state index < -0.39 is 0 Å². The standard InChI is InChI=1S/C12H13IN2O3/c1-3-18-10(16)7-15-6-8(13)11-9(15)4-5-14-12(11)17-2/h4-6H,3,7H2,1-2H3. The molecule has 0 saturated heterocycles. The molecule has 0 aromatic carbocycles. The van der Waals surface area contributed by atoms with Crippen LogP contribution in [0, 0.1) is 3.57 Å². The van der Waals surface area contributed by atoms with Gasteiger partial charge in [-0.3, -0.25) is 4.79 Å². The Hall–Kier alpha value is -1.31. The quantitative estimate of drug-likeness (QED) is 0.620. The van der Waals surface area contributed by atoms with Gasteiger partial charge in [0.25, 0.3) is 0 Å². The van der Waals surface area contributed by atoms with Gasteiger partial charge in [-0.1, -0.05) is 0 Å². The summed E-state index contributed by atoms with van der Waals surface area (Å²) in [6.45, 7) is 2.38. The Morgan fingerprint density at radius 1 is 1.56 bits per heavy atom. The second-order valence-corrected chi connectivity index (χ2v) is 4.79. The summed E-state index contributed by atoms with van der Waals surface area (Å²) in [6.07, 6.45) is 3.56. The van der Waals surface area contributed by atoms with Gasteiger partial charge in [-0.25, -0.2) is 4.98 Å². The normalized spacial score (nSPS) is 10.6. The molecule has 96 valence electrons. The SMILES string of the molecule is CCOC(=O)Cn1cc(I)c2c(OC)nccc21. The molecular weight excluding hydrogens is 347 g/mol. The monoisotopic (exact) mass is 360 g/mol. The topological polar surface area (TPSA) is 53.4 Å². The van der Waals surface area contributed by atoms with E-state index >= 15 is 0 Å². The lowest BCUT2D eigenvalue weighted by atomic mass is 10.3. The molecule has 0 fully saturated rings. The number of rotatable bonds is 4. The molecule has 2 rings (SSSR count). The van der Waals surface area contributed by atoms with Crippen molar-refractivity contribution < 1.29 is 14.3 Å². The Morgan fingerprint density at radius 3 is 3.00 bits per heavy atom. The molecular formula is C12H13IN2O3. The van der Waals surface area contributed by atoms with Crippen molar-refractivity contribution in [2.75, 3.05) is 13.7 Å². The van der Waals surface area contributed by atoms with Crippen LogP contribution in [0.5, 0.6) is 5.88 Å². The molecule has 2 aromatic heterocycles. The summed E-state index contributed by atoms with van der Waals surface area (Å²) >= 11 is 2.20. The number of esters is 1. The molecule has 0 N–H and O–H groups in total. The largest absolute Gasteiger partial charge is 0.480 e. The highest BCUT2D eigenvalue weighted by Gasteiger charge is 2.14. The zero-order chi connectivity index (χ0) is 13.1. The molecule has 0 aliphatic carbocycles. The number of methoxy groups -OCH3 is 1. The third-order valence-corrected chi connectivity index (χ3v) is 3.33. The van der Waals surface area contributed by atoms with Crippen LogP contribution in [0.4, 0.5) is 0 Å². The van der Waals surface area contributed by atoms with E-state index in [1.165, 1.54) is 0 Å². The van der Waals surface area contributed by atoms with Crippen LogP contribution in [-0.2, 0) is 16.1 Å². The molecule has 6 heteroatoms. The zero-order valence-corrected chi connectivity index (χ0v) is 12.3. The van der Waals surface area contributed by atoms with Crippen molar-refractivity contribution >= 4 is 39.5 Å². The van der Waals surface area contributed by atoms with Gasteiger partial charge < -0.3 is 14.0 Å². The second kappa shape index (κ2) is 5.55. The number of carbonyl (C=O) groups excluding carboxylic acids is 1. The fourth-order valence-corrected chi connectivity index (χ4v) is 2.64. The van der Waals surface area contributed by atoms with Crippen molar-refractivity contribution in [2.45, 2.75) is 13.5 Å². The molecule has 0 atom stereocenters. The van der Waals surface area contributed by atoms with Gasteiger partial charge in [-0.2, -0.15) is 0 Å². The summed E-state index contributed by atoms with van der Waals surface area (Å²) in [5.74, 6) is 0.320. The number of nitrogens with zero attached hydrogens (tertiary/aromatic N) is 2. The summed E-state index contributed by atoms with van der Waals surface area (Å²) in [5, 5.41) is 0.921. The number of halogens is 1. The lowest BCUT2D eigenvalue weighted by Crippen LogP contribution is -2.12. The molecule has 0 unspecified atom stereocenters. The molecule has 0 saturated carbocycles. The van der Waals surface area contributed by atoms with E-state index in [4.69, 9.17) is 9.47 Å². The van der Waals surface area contributed by atoms with Crippen molar-refractivity contribution in [3.63, 3.8) is 0 Å². The van der Waals surface area contributed by atoms with Crippen LogP contribution in [0.15, 0.2) is 18.5 Å². The molecule has 0 spiro atoms. The van der Waals surface area contributed by atoms with Crippen LogP contribution in [0.2, 0.25) is 0 Å². The third kappa shape index (κ3) is 2.43. The van der Waals surface area contributed by atoms with Crippen LogP contribution >= 0.6 is 22.6 Å². The molecule has 0 amide bonds. The highest BCUT2D eigenvalue weighted by atomic mass is 127. The van der Waals surface area contributed by atoms with Gasteiger partial charge in [-0.15, -0.1) is 0 Å². The van der Waals surface area contributed by atoms with E-state index in [0.29, 0.717) is 12.5 Å². The Labute approximate surface area is 118 Å². The summed E-state index contributed by atoms with van der Waals surface area (Å²) in [4.78, 5) is 15.7. The first-order chi connectivity index (χ1) is 8.67. The van der Waals surface area contributed by atoms with Crippen LogP contribution < -0.4 is 4.74 Å². The Bertz CT molecular complexity index is 580. The number of hydrogen-bond donors (Lipinski definition) is 0. The maximum absolute atomic E-state index is 11.5. The Kier molecular flexibility index (Phi) is 4.05. The van der Waals surface area contributed by atoms with Crippen molar-refractivity contribution in [1.82, 2.24) is 9.55 Å². The molecule has 5 nitrogen and oxygen atoms in total. The van der Waals surface area contributed by atoms with E-state index in [1.807, 2.05) is 16.8 Å². The minimum Gasteiger partial charge on any atom is -0.480 e. The number of hydrogen-bond acceptors (Lipinski definition) is 4. The highest BCUT2D eigenvalue weighted by Crippen LogP contribution is 2.29. The smallest absolute Gasteiger partial charge is 0.325 e. The van der Waals surface area contributed by atoms with Gasteiger partial charge in [0.2, 0.25) is 5.88 Å². The molecule has 0 radical (unpaired) electrons. The zero-order valence-electron chi connectivity index (χ0n) is 10.1. The average molecular weight is 360 g/mol. The van der Waals surface area contributed by atoms with Crippen molar-refractivity contribution in [1.29, 1.82) is 0 Å². The van der Waals surface area contributed by atoms with E-state index in [9.17, 15) is 4.79 Å². The number of pyridine rings is 1. The van der Waals surface area contributed by atoms with E-state index in [2.05, 4.69) is 27.6 Å². The minimum atomic E-state index is -0.249. The predicted molar refractivity (Wildman–Crippen MR) is 75.6 cm³/mol. The molecule has 2 aromatic rings. The van der Waals surface area contributed by atoms with Crippen molar-refractivity contribution in [3.05, 3.63) is 22.0 Å². The number of carbonyl (C=O) groups is 1. The van der Waals surface area contributed by atoms with Crippen LogP contribution in [-0.4, -0.2) is 29.2 Å². The minimum absolute atomic E-state index is 0.195. The number of ether oxygens (including phenoxy) is 2. The molecule has 0 bridgehead atoms. The number of aromatic nitrogens is 2. The van der Waals surface area contributed by atoms with Gasteiger partial charge in [0.1, 0.15) is 6.54 Å². The number of fused-ring (bicyclic) bond motifs is 1. The van der Waals surface area contributed by atoms with E-state index in [-0.39, 0.29) is 12.5 Å². The molecule has 0 aliphatic heterocycles. The van der Waals surface area contributed by atoms with Crippen LogP contribution in [0.3, 0.4) is 0 Å². The first kappa shape index (κ1) is 13.1. The Morgan fingerprint density at radius 2 is 2.33 bits per heavy atom. The first-order valence-corrected chi connectivity index (χ1v) is 6.58. The molecule has 18 heavy (non-hydrogen) atoms. The lowest BCUT2D eigenvalue weighted by molar-refractivity contribution is -0.143. The maximum Gasteiger partial charge on any atom is 0.325 e. The van der Waals surface area contributed by atoms with Gasteiger partial charge in [0, 0.05) is 16.0 Å². The summed E-state index contributed by atoms with van der Waals surface area (Å²) in [6, 6.07) is 1.86. The predicted octanol–water partition coefficient (Wildman–Crippen LogP) is 2.21. The van der Waals surface area contributed by atoms with Crippen LogP contribution in [0.25, 0.3) is 10.9 Å². The maximum atomic E-state index is 11.5. The second-order valence-electron chi connectivity index (χ2n) is 3.62. The summed E-state index contributed by atoms with van der Waals surface area (Å²) < 4.78 is 13.0.